The Kier molecular flexibility index (Phi) is 3.87. The third-order valence-corrected chi connectivity index (χ3v) is 6.80. The van der Waals surface area contributed by atoms with Crippen LogP contribution in [0.3, 0.4) is 0 Å². The zero-order valence-corrected chi connectivity index (χ0v) is 15.0. The Bertz CT molecular complexity index is 791. The molecule has 0 N–H and O–H groups in total. The summed E-state index contributed by atoms with van der Waals surface area (Å²) in [5.74, 6) is 2.53. The van der Waals surface area contributed by atoms with Gasteiger partial charge in [0.15, 0.2) is 5.82 Å². The van der Waals surface area contributed by atoms with Gasteiger partial charge in [0.1, 0.15) is 5.82 Å². The number of anilines is 1. The molecule has 1 aliphatic carbocycles. The Labute approximate surface area is 145 Å². The normalized spacial score (nSPS) is 22.4. The van der Waals surface area contributed by atoms with E-state index in [4.69, 9.17) is 9.97 Å². The van der Waals surface area contributed by atoms with Crippen molar-refractivity contribution in [2.75, 3.05) is 23.7 Å². The lowest BCUT2D eigenvalue weighted by atomic mass is 10.1. The first-order valence-electron chi connectivity index (χ1n) is 8.48. The number of nitrogens with zero attached hydrogens (tertiary/aromatic N) is 4. The van der Waals surface area contributed by atoms with Crippen molar-refractivity contribution in [2.45, 2.75) is 37.9 Å². The second-order valence-electron chi connectivity index (χ2n) is 7.12. The summed E-state index contributed by atoms with van der Waals surface area (Å²) in [6.45, 7) is 5.75. The van der Waals surface area contributed by atoms with E-state index in [0.717, 1.165) is 49.6 Å². The molecule has 0 amide bonds. The first-order valence-corrected chi connectivity index (χ1v) is 9.80. The number of aryl methyl sites for hydroxylation is 1. The van der Waals surface area contributed by atoms with Gasteiger partial charge >= 0.3 is 0 Å². The zero-order valence-electron chi connectivity index (χ0n) is 14.2. The van der Waals surface area contributed by atoms with Gasteiger partial charge in [-0.2, -0.15) is 0 Å². The minimum Gasteiger partial charge on any atom is -0.354 e. The second-order valence-corrected chi connectivity index (χ2v) is 9.32. The van der Waals surface area contributed by atoms with Crippen molar-refractivity contribution in [3.63, 3.8) is 0 Å². The molecule has 4 rings (SSSR count). The summed E-state index contributed by atoms with van der Waals surface area (Å²) in [7, 11) is -0.778. The fourth-order valence-electron chi connectivity index (χ4n) is 3.57. The third-order valence-electron chi connectivity index (χ3n) is 4.88. The van der Waals surface area contributed by atoms with Crippen molar-refractivity contribution in [1.82, 2.24) is 15.0 Å². The monoisotopic (exact) mass is 342 g/mol. The molecule has 5 nitrogen and oxygen atoms in total. The molecule has 0 spiro atoms. The number of aromatic nitrogens is 3. The zero-order chi connectivity index (χ0) is 16.7. The van der Waals surface area contributed by atoms with E-state index in [1.54, 1.807) is 12.4 Å². The summed E-state index contributed by atoms with van der Waals surface area (Å²) >= 11 is 0. The minimum absolute atomic E-state index is 0.203. The molecule has 0 radical (unpaired) electrons. The number of hydrogen-bond acceptors (Lipinski definition) is 5. The summed E-state index contributed by atoms with van der Waals surface area (Å²) in [5, 5.41) is 0. The molecule has 0 aromatic carbocycles. The maximum atomic E-state index is 12.3. The SMILES string of the molecule is CC1(C)CN(c2nc(-c3ccncc3)nc3c2CCC3)CC[S@]1=O. The first-order chi connectivity index (χ1) is 11.5. The summed E-state index contributed by atoms with van der Waals surface area (Å²) < 4.78 is 12.1. The van der Waals surface area contributed by atoms with E-state index < -0.39 is 10.8 Å². The van der Waals surface area contributed by atoms with Crippen LogP contribution in [0.2, 0.25) is 0 Å². The Morgan fingerprint density at radius 2 is 1.96 bits per heavy atom. The molecular weight excluding hydrogens is 320 g/mol. The van der Waals surface area contributed by atoms with Gasteiger partial charge in [-0.25, -0.2) is 9.97 Å². The molecule has 1 aliphatic heterocycles. The molecule has 2 aromatic rings. The number of pyridine rings is 1. The van der Waals surface area contributed by atoms with E-state index in [9.17, 15) is 4.21 Å². The van der Waals surface area contributed by atoms with Crippen LogP contribution in [0, 0.1) is 0 Å². The van der Waals surface area contributed by atoms with Crippen molar-refractivity contribution in [3.05, 3.63) is 35.8 Å². The van der Waals surface area contributed by atoms with Crippen molar-refractivity contribution in [1.29, 1.82) is 0 Å². The van der Waals surface area contributed by atoms with E-state index in [0.29, 0.717) is 5.75 Å². The van der Waals surface area contributed by atoms with Crippen LogP contribution in [0.5, 0.6) is 0 Å². The predicted molar refractivity (Wildman–Crippen MR) is 96.6 cm³/mol. The van der Waals surface area contributed by atoms with Gasteiger partial charge in [-0.15, -0.1) is 0 Å². The van der Waals surface area contributed by atoms with Gasteiger partial charge in [0, 0.05) is 58.9 Å². The molecule has 24 heavy (non-hydrogen) atoms. The van der Waals surface area contributed by atoms with E-state index in [1.165, 1.54) is 11.3 Å². The van der Waals surface area contributed by atoms with Crippen LogP contribution >= 0.6 is 0 Å². The predicted octanol–water partition coefficient (Wildman–Crippen LogP) is 2.37. The number of rotatable bonds is 2. The Hall–Kier alpha value is -1.82. The lowest BCUT2D eigenvalue weighted by Gasteiger charge is -2.38. The van der Waals surface area contributed by atoms with Crippen LogP contribution in [0.25, 0.3) is 11.4 Å². The smallest absolute Gasteiger partial charge is 0.161 e. The van der Waals surface area contributed by atoms with Crippen LogP contribution in [0.1, 0.15) is 31.5 Å². The standard InChI is InChI=1S/C18H22N4OS/c1-18(2)12-22(10-11-24(18)23)17-14-4-3-5-15(14)20-16(21-17)13-6-8-19-9-7-13/h6-9H,3-5,10-12H2,1-2H3/t24-/m1/s1. The molecular formula is C18H22N4OS. The largest absolute Gasteiger partial charge is 0.354 e. The average molecular weight is 342 g/mol. The lowest BCUT2D eigenvalue weighted by Crippen LogP contribution is -2.50. The summed E-state index contributed by atoms with van der Waals surface area (Å²) in [6, 6.07) is 3.91. The number of fused-ring (bicyclic) bond motifs is 1. The van der Waals surface area contributed by atoms with Crippen LogP contribution in [-0.2, 0) is 23.6 Å². The molecule has 3 heterocycles. The summed E-state index contributed by atoms with van der Waals surface area (Å²) in [6.07, 6.45) is 6.75. The summed E-state index contributed by atoms with van der Waals surface area (Å²) in [5.41, 5.74) is 3.47. The van der Waals surface area contributed by atoms with Crippen LogP contribution in [-0.4, -0.2) is 42.8 Å². The highest BCUT2D eigenvalue weighted by molar-refractivity contribution is 7.86. The molecule has 1 saturated heterocycles. The van der Waals surface area contributed by atoms with Gasteiger partial charge in [-0.05, 0) is 45.2 Å². The maximum Gasteiger partial charge on any atom is 0.161 e. The van der Waals surface area contributed by atoms with Gasteiger partial charge in [0.2, 0.25) is 0 Å². The maximum absolute atomic E-state index is 12.3. The fourth-order valence-corrected chi connectivity index (χ4v) is 4.80. The van der Waals surface area contributed by atoms with E-state index in [1.807, 2.05) is 12.1 Å². The van der Waals surface area contributed by atoms with Crippen LogP contribution in [0.4, 0.5) is 5.82 Å². The number of hydrogen-bond donors (Lipinski definition) is 0. The van der Waals surface area contributed by atoms with Gasteiger partial charge in [0.05, 0.1) is 4.75 Å². The lowest BCUT2D eigenvalue weighted by molar-refractivity contribution is 0.585. The molecule has 2 aliphatic rings. The quantitative estimate of drug-likeness (QED) is 0.839. The van der Waals surface area contributed by atoms with Crippen molar-refractivity contribution in [3.8, 4) is 11.4 Å². The fraction of sp³-hybridized carbons (Fsp3) is 0.500. The average Bonchev–Trinajstić information content (AvgIpc) is 3.06. The van der Waals surface area contributed by atoms with Crippen molar-refractivity contribution >= 4 is 16.6 Å². The Morgan fingerprint density at radius 1 is 1.17 bits per heavy atom. The molecule has 1 fully saturated rings. The highest BCUT2D eigenvalue weighted by atomic mass is 32.2. The Balaban J connectivity index is 1.78. The second kappa shape index (κ2) is 5.92. The molecule has 0 unspecified atom stereocenters. The van der Waals surface area contributed by atoms with Crippen LogP contribution < -0.4 is 4.90 Å². The van der Waals surface area contributed by atoms with E-state index in [-0.39, 0.29) is 4.75 Å². The van der Waals surface area contributed by atoms with Gasteiger partial charge in [-0.3, -0.25) is 9.19 Å². The van der Waals surface area contributed by atoms with Crippen LogP contribution in [0.15, 0.2) is 24.5 Å². The first kappa shape index (κ1) is 15.7. The van der Waals surface area contributed by atoms with Crippen molar-refractivity contribution in [2.24, 2.45) is 0 Å². The minimum atomic E-state index is -0.778. The van der Waals surface area contributed by atoms with Crippen molar-refractivity contribution < 1.29 is 4.21 Å². The Morgan fingerprint density at radius 3 is 2.71 bits per heavy atom. The topological polar surface area (TPSA) is 59.0 Å². The van der Waals surface area contributed by atoms with Gasteiger partial charge in [-0.1, -0.05) is 0 Å². The van der Waals surface area contributed by atoms with E-state index in [2.05, 4.69) is 23.7 Å². The molecule has 6 heteroatoms. The van der Waals surface area contributed by atoms with E-state index >= 15 is 0 Å². The molecule has 126 valence electrons. The van der Waals surface area contributed by atoms with Gasteiger partial charge < -0.3 is 4.90 Å². The molecule has 1 atom stereocenters. The highest BCUT2D eigenvalue weighted by Crippen LogP contribution is 2.33. The third kappa shape index (κ3) is 2.73. The highest BCUT2D eigenvalue weighted by Gasteiger charge is 2.35. The summed E-state index contributed by atoms with van der Waals surface area (Å²) in [4.78, 5) is 16.1. The molecule has 2 aromatic heterocycles. The molecule has 0 saturated carbocycles. The molecule has 0 bridgehead atoms. The van der Waals surface area contributed by atoms with Gasteiger partial charge in [0.25, 0.3) is 0 Å².